The van der Waals surface area contributed by atoms with Crippen LogP contribution in [0, 0.1) is 0 Å². The molecule has 2 N–H and O–H groups in total. The molecule has 0 radical (unpaired) electrons. The molecule has 0 atom stereocenters. The minimum Gasteiger partial charge on any atom is -0.320 e. The van der Waals surface area contributed by atoms with Crippen molar-refractivity contribution < 1.29 is 13.0 Å². The largest absolute Gasteiger partial charge is 0.320 e. The predicted molar refractivity (Wildman–Crippen MR) is 110 cm³/mol. The van der Waals surface area contributed by atoms with Crippen LogP contribution in [0.25, 0.3) is 22.5 Å². The fraction of sp³-hybridized carbons (Fsp3) is 0. The van der Waals surface area contributed by atoms with Gasteiger partial charge in [0.15, 0.2) is 0 Å². The molecule has 0 fully saturated rings. The average molecular weight is 404 g/mol. The predicted octanol–water partition coefficient (Wildman–Crippen LogP) is 5.41. The summed E-state index contributed by atoms with van der Waals surface area (Å²) in [5.74, 6) is 0.216. The molecule has 0 aliphatic carbocycles. The highest BCUT2D eigenvalue weighted by atomic mass is 32.2. The monoisotopic (exact) mass is 404 g/mol. The molecule has 1 heterocycles. The lowest BCUT2D eigenvalue weighted by Gasteiger charge is -2.02. The molecule has 0 saturated heterocycles. The van der Waals surface area contributed by atoms with E-state index in [1.807, 2.05) is 60.7 Å². The summed E-state index contributed by atoms with van der Waals surface area (Å²) in [6.07, 6.45) is 0. The van der Waals surface area contributed by atoms with E-state index in [4.69, 9.17) is 0 Å². The first-order valence-corrected chi connectivity index (χ1v) is 10.2. The van der Waals surface area contributed by atoms with Gasteiger partial charge in [0.1, 0.15) is 10.6 Å². The van der Waals surface area contributed by atoms with E-state index in [1.165, 1.54) is 18.2 Å². The first kappa shape index (κ1) is 18.7. The fourth-order valence-corrected chi connectivity index (χ4v) is 3.51. The van der Waals surface area contributed by atoms with E-state index < -0.39 is 10.1 Å². The van der Waals surface area contributed by atoms with E-state index >= 15 is 0 Å². The lowest BCUT2D eigenvalue weighted by atomic mass is 10.1. The molecule has 0 bridgehead atoms. The summed E-state index contributed by atoms with van der Waals surface area (Å²) in [6.45, 7) is 0. The first-order chi connectivity index (χ1) is 14.0. The van der Waals surface area contributed by atoms with Crippen LogP contribution < -0.4 is 0 Å². The third-order valence-electron chi connectivity index (χ3n) is 4.20. The molecule has 0 aliphatic heterocycles. The van der Waals surface area contributed by atoms with Crippen molar-refractivity contribution in [3.05, 3.63) is 84.9 Å². The lowest BCUT2D eigenvalue weighted by Crippen LogP contribution is -1.97. The quantitative estimate of drug-likeness (QED) is 0.343. The van der Waals surface area contributed by atoms with Gasteiger partial charge in [-0.15, -0.1) is 10.2 Å². The van der Waals surface area contributed by atoms with Crippen molar-refractivity contribution in [2.75, 3.05) is 0 Å². The van der Waals surface area contributed by atoms with Crippen molar-refractivity contribution in [3.8, 4) is 22.5 Å². The molecule has 29 heavy (non-hydrogen) atoms. The number of benzene rings is 3. The fourth-order valence-electron chi connectivity index (χ4n) is 2.89. The zero-order valence-corrected chi connectivity index (χ0v) is 15.9. The molecule has 144 valence electrons. The molecule has 1 aromatic heterocycles. The van der Waals surface area contributed by atoms with E-state index in [9.17, 15) is 13.0 Å². The maximum Gasteiger partial charge on any atom is 0.296 e. The van der Waals surface area contributed by atoms with Crippen LogP contribution >= 0.6 is 0 Å². The molecule has 0 spiro atoms. The maximum atomic E-state index is 11.5. The average Bonchev–Trinajstić information content (AvgIpc) is 3.17. The number of nitrogens with one attached hydrogen (secondary N) is 1. The minimum atomic E-state index is -4.41. The number of hydrogen-bond acceptors (Lipinski definition) is 5. The molecule has 0 unspecified atom stereocenters. The van der Waals surface area contributed by atoms with Crippen LogP contribution in [0.1, 0.15) is 0 Å². The summed E-state index contributed by atoms with van der Waals surface area (Å²) in [5.41, 5.74) is 3.33. The van der Waals surface area contributed by atoms with Gasteiger partial charge >= 0.3 is 0 Å². The highest BCUT2D eigenvalue weighted by Crippen LogP contribution is 2.33. The van der Waals surface area contributed by atoms with E-state index in [2.05, 4.69) is 20.2 Å². The normalized spacial score (nSPS) is 11.8. The van der Waals surface area contributed by atoms with E-state index in [0.717, 1.165) is 16.8 Å². The lowest BCUT2D eigenvalue weighted by molar-refractivity contribution is 0.483. The number of aromatic amines is 1. The Labute approximate surface area is 167 Å². The molecule has 4 rings (SSSR count). The smallest absolute Gasteiger partial charge is 0.296 e. The number of H-pyrrole nitrogens is 1. The molecule has 3 aromatic carbocycles. The van der Waals surface area contributed by atoms with Crippen molar-refractivity contribution >= 4 is 21.8 Å². The summed E-state index contributed by atoms with van der Waals surface area (Å²) in [6, 6.07) is 25.1. The van der Waals surface area contributed by atoms with E-state index in [0.29, 0.717) is 5.69 Å². The van der Waals surface area contributed by atoms with Gasteiger partial charge in [0, 0.05) is 11.1 Å². The van der Waals surface area contributed by atoms with Gasteiger partial charge in [-0.05, 0) is 12.1 Å². The maximum absolute atomic E-state index is 11.5. The second-order valence-corrected chi connectivity index (χ2v) is 7.55. The van der Waals surface area contributed by atoms with Crippen LogP contribution in [0.4, 0.5) is 11.6 Å². The number of nitrogens with zero attached hydrogens (tertiary/aromatic N) is 3. The van der Waals surface area contributed by atoms with Crippen LogP contribution in [0.2, 0.25) is 0 Å². The first-order valence-electron chi connectivity index (χ1n) is 8.71. The number of hydrogen-bond donors (Lipinski definition) is 2. The SMILES string of the molecule is O=S(=O)(O)c1ccccc1N=Nc1nc(-c2ccccc2)c(-c2ccccc2)[nH]1. The molecule has 0 saturated carbocycles. The highest BCUT2D eigenvalue weighted by molar-refractivity contribution is 7.86. The Hall–Kier alpha value is -3.62. The van der Waals surface area contributed by atoms with Crippen molar-refractivity contribution in [3.63, 3.8) is 0 Å². The van der Waals surface area contributed by atoms with Gasteiger partial charge in [-0.1, -0.05) is 72.8 Å². The van der Waals surface area contributed by atoms with Crippen molar-refractivity contribution in [1.29, 1.82) is 0 Å². The number of rotatable bonds is 5. The van der Waals surface area contributed by atoms with Crippen LogP contribution in [0.5, 0.6) is 0 Å². The Morgan fingerprint density at radius 3 is 2.00 bits per heavy atom. The van der Waals surface area contributed by atoms with Gasteiger partial charge in [0.05, 0.1) is 11.4 Å². The summed E-state index contributed by atoms with van der Waals surface area (Å²) in [5, 5.41) is 8.04. The van der Waals surface area contributed by atoms with Gasteiger partial charge < -0.3 is 4.98 Å². The number of imidazole rings is 1. The molecule has 0 aliphatic rings. The zero-order chi connectivity index (χ0) is 20.3. The molecular weight excluding hydrogens is 388 g/mol. The third-order valence-corrected chi connectivity index (χ3v) is 5.10. The Balaban J connectivity index is 1.79. The third kappa shape index (κ3) is 4.13. The number of aromatic nitrogens is 2. The molecule has 4 aromatic rings. The van der Waals surface area contributed by atoms with Gasteiger partial charge in [0.25, 0.3) is 10.1 Å². The summed E-state index contributed by atoms with van der Waals surface area (Å²) in [7, 11) is -4.41. The van der Waals surface area contributed by atoms with Gasteiger partial charge in [-0.2, -0.15) is 8.42 Å². The zero-order valence-electron chi connectivity index (χ0n) is 15.1. The van der Waals surface area contributed by atoms with Crippen LogP contribution in [0.3, 0.4) is 0 Å². The standard InChI is InChI=1S/C21H16N4O3S/c26-29(27,28)18-14-8-7-13-17(18)24-25-21-22-19(15-9-3-1-4-10-15)20(23-21)16-11-5-2-6-12-16/h1-14H,(H,22,23)(H,26,27,28). The molecule has 8 heteroatoms. The van der Waals surface area contributed by atoms with Crippen LogP contribution in [0.15, 0.2) is 100 Å². The Morgan fingerprint density at radius 2 is 1.34 bits per heavy atom. The van der Waals surface area contributed by atoms with Gasteiger partial charge in [-0.25, -0.2) is 4.98 Å². The van der Waals surface area contributed by atoms with Crippen molar-refractivity contribution in [2.24, 2.45) is 10.2 Å². The molecule has 0 amide bonds. The Kier molecular flexibility index (Phi) is 5.03. The van der Waals surface area contributed by atoms with E-state index in [1.54, 1.807) is 6.07 Å². The summed E-state index contributed by atoms with van der Waals surface area (Å²) in [4.78, 5) is 7.36. The highest BCUT2D eigenvalue weighted by Gasteiger charge is 2.16. The minimum absolute atomic E-state index is 0.0222. The topological polar surface area (TPSA) is 108 Å². The van der Waals surface area contributed by atoms with Crippen LogP contribution in [-0.2, 0) is 10.1 Å². The summed E-state index contributed by atoms with van der Waals surface area (Å²) >= 11 is 0. The van der Waals surface area contributed by atoms with Crippen LogP contribution in [-0.4, -0.2) is 22.9 Å². The van der Waals surface area contributed by atoms with Gasteiger partial charge in [0.2, 0.25) is 5.95 Å². The summed E-state index contributed by atoms with van der Waals surface area (Å²) < 4.78 is 32.4. The second-order valence-electron chi connectivity index (χ2n) is 6.16. The molecule has 7 nitrogen and oxygen atoms in total. The Bertz CT molecular complexity index is 1210. The van der Waals surface area contributed by atoms with Crippen molar-refractivity contribution in [1.82, 2.24) is 9.97 Å². The Morgan fingerprint density at radius 1 is 0.759 bits per heavy atom. The van der Waals surface area contributed by atoms with E-state index in [-0.39, 0.29) is 16.5 Å². The second kappa shape index (κ2) is 7.78. The molecular formula is C21H16N4O3S. The van der Waals surface area contributed by atoms with Gasteiger partial charge in [-0.3, -0.25) is 4.55 Å². The van der Waals surface area contributed by atoms with Crippen molar-refractivity contribution in [2.45, 2.75) is 4.90 Å². The number of azo groups is 1.